The van der Waals surface area contributed by atoms with Gasteiger partial charge >= 0.3 is 0 Å². The molecule has 0 fully saturated rings. The zero-order valence-electron chi connectivity index (χ0n) is 15.8. The molecule has 0 aliphatic carbocycles. The van der Waals surface area contributed by atoms with Crippen molar-refractivity contribution >= 4 is 34.4 Å². The van der Waals surface area contributed by atoms with Crippen molar-refractivity contribution in [2.75, 3.05) is 5.32 Å². The minimum atomic E-state index is -0.714. The molecule has 3 rings (SSSR count). The number of rotatable bonds is 5. The highest BCUT2D eigenvalue weighted by atomic mass is 35.5. The van der Waals surface area contributed by atoms with Crippen molar-refractivity contribution in [2.45, 2.75) is 39.7 Å². The smallest absolute Gasteiger partial charge is 0.266 e. The van der Waals surface area contributed by atoms with Crippen LogP contribution in [-0.2, 0) is 4.79 Å². The number of ether oxygens (including phenoxy) is 1. The Labute approximate surface area is 163 Å². The van der Waals surface area contributed by atoms with Crippen LogP contribution < -0.4 is 10.1 Å². The number of halogens is 1. The number of anilines is 1. The molecule has 5 nitrogen and oxygen atoms in total. The Bertz CT molecular complexity index is 988. The summed E-state index contributed by atoms with van der Waals surface area (Å²) in [5, 5.41) is 2.86. The number of aromatic nitrogens is 2. The fourth-order valence-corrected chi connectivity index (χ4v) is 2.92. The second-order valence-corrected chi connectivity index (χ2v) is 7.16. The lowest BCUT2D eigenvalue weighted by Crippen LogP contribution is -2.31. The number of nitrogens with one attached hydrogen (secondary N) is 1. The van der Waals surface area contributed by atoms with E-state index in [9.17, 15) is 4.79 Å². The van der Waals surface area contributed by atoms with Crippen molar-refractivity contribution in [3.05, 3.63) is 58.7 Å². The normalized spacial score (nSPS) is 12.2. The van der Waals surface area contributed by atoms with Gasteiger partial charge in [-0.15, -0.1) is 0 Å². The second kappa shape index (κ2) is 7.92. The summed E-state index contributed by atoms with van der Waals surface area (Å²) in [6.07, 6.45) is -0.714. The van der Waals surface area contributed by atoms with Crippen LogP contribution in [0.4, 0.5) is 5.82 Å². The molecule has 0 bridgehead atoms. The molecular formula is C21H22ClN3O2. The second-order valence-electron chi connectivity index (χ2n) is 6.80. The SMILES string of the molecule is Cc1ccc(C(C)C)c(OC(C)C(=O)Nc2nc3ccccc3nc2Cl)c1. The van der Waals surface area contributed by atoms with Gasteiger partial charge in [0.1, 0.15) is 5.75 Å². The number of hydrogen-bond donors (Lipinski definition) is 1. The molecule has 3 aromatic rings. The number of hydrogen-bond acceptors (Lipinski definition) is 4. The van der Waals surface area contributed by atoms with E-state index in [1.54, 1.807) is 6.92 Å². The number of carbonyl (C=O) groups excluding carboxylic acids is 1. The van der Waals surface area contributed by atoms with Crippen LogP contribution in [-0.4, -0.2) is 22.0 Å². The fourth-order valence-electron chi connectivity index (χ4n) is 2.74. The molecule has 1 N–H and O–H groups in total. The van der Waals surface area contributed by atoms with Gasteiger partial charge in [0.15, 0.2) is 17.1 Å². The largest absolute Gasteiger partial charge is 0.481 e. The highest BCUT2D eigenvalue weighted by molar-refractivity contribution is 6.32. The van der Waals surface area contributed by atoms with Gasteiger partial charge in [0, 0.05) is 0 Å². The van der Waals surface area contributed by atoms with Gasteiger partial charge in [-0.25, -0.2) is 9.97 Å². The molecule has 1 amide bonds. The Hall–Kier alpha value is -2.66. The van der Waals surface area contributed by atoms with Gasteiger partial charge in [0.2, 0.25) is 0 Å². The summed E-state index contributed by atoms with van der Waals surface area (Å²) in [5.74, 6) is 0.891. The minimum absolute atomic E-state index is 0.146. The standard InChI is InChI=1S/C21H22ClN3O2/c1-12(2)15-10-9-13(3)11-18(15)27-14(4)21(26)25-20-19(22)23-16-7-5-6-8-17(16)24-20/h5-12,14H,1-4H3,(H,24,25,26). The maximum absolute atomic E-state index is 12.6. The molecular weight excluding hydrogens is 362 g/mol. The molecule has 0 radical (unpaired) electrons. The van der Waals surface area contributed by atoms with Crippen molar-refractivity contribution in [3.8, 4) is 5.75 Å². The highest BCUT2D eigenvalue weighted by Crippen LogP contribution is 2.28. The van der Waals surface area contributed by atoms with Crippen molar-refractivity contribution in [1.29, 1.82) is 0 Å². The molecule has 0 aliphatic rings. The lowest BCUT2D eigenvalue weighted by Gasteiger charge is -2.19. The van der Waals surface area contributed by atoms with Crippen molar-refractivity contribution in [2.24, 2.45) is 0 Å². The summed E-state index contributed by atoms with van der Waals surface area (Å²) in [6, 6.07) is 13.4. The monoisotopic (exact) mass is 383 g/mol. The van der Waals surface area contributed by atoms with Gasteiger partial charge in [-0.1, -0.05) is 49.7 Å². The number of amides is 1. The van der Waals surface area contributed by atoms with E-state index in [4.69, 9.17) is 16.3 Å². The summed E-state index contributed by atoms with van der Waals surface area (Å²) in [6.45, 7) is 7.87. The first kappa shape index (κ1) is 19.1. The zero-order chi connectivity index (χ0) is 19.6. The maximum atomic E-state index is 12.6. The van der Waals surface area contributed by atoms with Gasteiger partial charge in [-0.05, 0) is 49.1 Å². The fraction of sp³-hybridized carbons (Fsp3) is 0.286. The van der Waals surface area contributed by atoms with Crippen LogP contribution in [0.25, 0.3) is 11.0 Å². The van der Waals surface area contributed by atoms with Crippen LogP contribution in [0, 0.1) is 6.92 Å². The molecule has 27 heavy (non-hydrogen) atoms. The Kier molecular flexibility index (Phi) is 5.61. The van der Waals surface area contributed by atoms with Gasteiger partial charge in [0.05, 0.1) is 11.0 Å². The van der Waals surface area contributed by atoms with E-state index in [0.29, 0.717) is 16.8 Å². The van der Waals surface area contributed by atoms with Gasteiger partial charge in [-0.3, -0.25) is 4.79 Å². The number of carbonyl (C=O) groups is 1. The van der Waals surface area contributed by atoms with Crippen LogP contribution in [0.5, 0.6) is 5.75 Å². The summed E-state index contributed by atoms with van der Waals surface area (Å²) >= 11 is 6.17. The summed E-state index contributed by atoms with van der Waals surface area (Å²) in [4.78, 5) is 21.3. The average molecular weight is 384 g/mol. The van der Waals surface area contributed by atoms with Crippen LogP contribution in [0.1, 0.15) is 37.8 Å². The third-order valence-corrected chi connectivity index (χ3v) is 4.50. The van der Waals surface area contributed by atoms with E-state index in [1.807, 2.05) is 49.4 Å². The van der Waals surface area contributed by atoms with Gasteiger partial charge < -0.3 is 10.1 Å². The summed E-state index contributed by atoms with van der Waals surface area (Å²) in [5.41, 5.74) is 3.46. The van der Waals surface area contributed by atoms with E-state index in [2.05, 4.69) is 29.1 Å². The van der Waals surface area contributed by atoms with E-state index in [1.165, 1.54) is 0 Å². The molecule has 6 heteroatoms. The first-order valence-corrected chi connectivity index (χ1v) is 9.23. The molecule has 1 aromatic heterocycles. The predicted octanol–water partition coefficient (Wildman–Crippen LogP) is 5.12. The molecule has 0 spiro atoms. The number of benzene rings is 2. The van der Waals surface area contributed by atoms with Gasteiger partial charge in [0.25, 0.3) is 5.91 Å². The Morgan fingerprint density at radius 2 is 1.74 bits per heavy atom. The lowest BCUT2D eigenvalue weighted by molar-refractivity contribution is -0.122. The summed E-state index contributed by atoms with van der Waals surface area (Å²) < 4.78 is 5.95. The quantitative estimate of drug-likeness (QED) is 0.664. The van der Waals surface area contributed by atoms with Gasteiger partial charge in [-0.2, -0.15) is 0 Å². The van der Waals surface area contributed by atoms with E-state index >= 15 is 0 Å². The number of fused-ring (bicyclic) bond motifs is 1. The summed E-state index contributed by atoms with van der Waals surface area (Å²) in [7, 11) is 0. The van der Waals surface area contributed by atoms with E-state index < -0.39 is 6.10 Å². The van der Waals surface area contributed by atoms with E-state index in [-0.39, 0.29) is 22.8 Å². The number of aryl methyl sites for hydroxylation is 1. The Balaban J connectivity index is 1.79. The third kappa shape index (κ3) is 4.37. The van der Waals surface area contributed by atoms with E-state index in [0.717, 1.165) is 11.1 Å². The molecule has 140 valence electrons. The van der Waals surface area contributed by atoms with Crippen molar-refractivity contribution in [1.82, 2.24) is 9.97 Å². The molecule has 2 aromatic carbocycles. The predicted molar refractivity (Wildman–Crippen MR) is 109 cm³/mol. The molecule has 0 saturated carbocycles. The first-order chi connectivity index (χ1) is 12.8. The zero-order valence-corrected chi connectivity index (χ0v) is 16.5. The third-order valence-electron chi connectivity index (χ3n) is 4.23. The maximum Gasteiger partial charge on any atom is 0.266 e. The molecule has 0 saturated heterocycles. The number of nitrogens with zero attached hydrogens (tertiary/aromatic N) is 2. The van der Waals surface area contributed by atoms with Crippen molar-refractivity contribution < 1.29 is 9.53 Å². The topological polar surface area (TPSA) is 64.1 Å². The van der Waals surface area contributed by atoms with Crippen LogP contribution in [0.2, 0.25) is 5.15 Å². The number of para-hydroxylation sites is 2. The molecule has 0 aliphatic heterocycles. The van der Waals surface area contributed by atoms with Crippen LogP contribution in [0.3, 0.4) is 0 Å². The average Bonchev–Trinajstić information content (AvgIpc) is 2.62. The van der Waals surface area contributed by atoms with Crippen molar-refractivity contribution in [3.63, 3.8) is 0 Å². The minimum Gasteiger partial charge on any atom is -0.481 e. The molecule has 1 unspecified atom stereocenters. The lowest BCUT2D eigenvalue weighted by atomic mass is 10.0. The molecule has 1 heterocycles. The van der Waals surface area contributed by atoms with Crippen LogP contribution >= 0.6 is 11.6 Å². The Morgan fingerprint density at radius 1 is 1.07 bits per heavy atom. The highest BCUT2D eigenvalue weighted by Gasteiger charge is 2.20. The Morgan fingerprint density at radius 3 is 2.41 bits per heavy atom. The molecule has 1 atom stereocenters. The first-order valence-electron chi connectivity index (χ1n) is 8.85. The van der Waals surface area contributed by atoms with Crippen LogP contribution in [0.15, 0.2) is 42.5 Å².